The van der Waals surface area contributed by atoms with Crippen LogP contribution in [0.15, 0.2) is 48.7 Å². The summed E-state index contributed by atoms with van der Waals surface area (Å²) >= 11 is 5.76. The van der Waals surface area contributed by atoms with Crippen molar-refractivity contribution in [3.8, 4) is 0 Å². The molecule has 6 heteroatoms. The van der Waals surface area contributed by atoms with Gasteiger partial charge in [0, 0.05) is 44.8 Å². The molecule has 1 saturated heterocycles. The van der Waals surface area contributed by atoms with E-state index in [1.165, 1.54) is 22.4 Å². The number of ether oxygens (including phenoxy) is 1. The zero-order chi connectivity index (χ0) is 22.2. The van der Waals surface area contributed by atoms with Gasteiger partial charge in [-0.2, -0.15) is 0 Å². The van der Waals surface area contributed by atoms with Gasteiger partial charge < -0.3 is 19.9 Å². The zero-order valence-electron chi connectivity index (χ0n) is 19.1. The van der Waals surface area contributed by atoms with Crippen molar-refractivity contribution in [2.24, 2.45) is 0 Å². The Balaban J connectivity index is 1.76. The summed E-state index contributed by atoms with van der Waals surface area (Å²) in [5, 5.41) is 4.32. The van der Waals surface area contributed by atoms with Crippen LogP contribution in [0.4, 0.5) is 5.69 Å². The fraction of sp³-hybridized carbons (Fsp3) is 0.440. The maximum Gasteiger partial charge on any atom is 0.170 e. The van der Waals surface area contributed by atoms with E-state index in [4.69, 9.17) is 17.0 Å². The number of nitrogens with one attached hydrogen (secondary N) is 1. The van der Waals surface area contributed by atoms with Gasteiger partial charge in [0.1, 0.15) is 0 Å². The maximum atomic E-state index is 5.76. The van der Waals surface area contributed by atoms with Gasteiger partial charge in [0.05, 0.1) is 23.3 Å². The van der Waals surface area contributed by atoms with Crippen LogP contribution in [0.25, 0.3) is 5.57 Å². The van der Waals surface area contributed by atoms with Gasteiger partial charge in [0.2, 0.25) is 0 Å². The van der Waals surface area contributed by atoms with E-state index in [1.807, 2.05) is 18.3 Å². The summed E-state index contributed by atoms with van der Waals surface area (Å²) in [5.74, 6) is 0. The van der Waals surface area contributed by atoms with E-state index in [9.17, 15) is 0 Å². The molecule has 2 aromatic rings. The lowest BCUT2D eigenvalue weighted by molar-refractivity contribution is 0.180. The second-order valence-electron chi connectivity index (χ2n) is 8.98. The minimum atomic E-state index is -0.00222. The summed E-state index contributed by atoms with van der Waals surface area (Å²) in [5.41, 5.74) is 6.12. The Labute approximate surface area is 191 Å². The standard InChI is InChI=1S/C25H32N4OS/c1-17-16-25(2,3)28(4)21-11-10-18(15-19(17)21)23-22(20-9-6-7-12-26-20)27-24(31)29(23)13-8-14-30-5/h6-7,9-12,15-16,22-23H,8,13-14H2,1-5H3,(H,27,31)/t22-,23+/m0/s1. The largest absolute Gasteiger partial charge is 0.385 e. The average Bonchev–Trinajstić information content (AvgIpc) is 3.09. The van der Waals surface area contributed by atoms with Gasteiger partial charge in [0.15, 0.2) is 5.11 Å². The molecular weight excluding hydrogens is 404 g/mol. The van der Waals surface area contributed by atoms with Crippen molar-refractivity contribution in [1.82, 2.24) is 15.2 Å². The third kappa shape index (κ3) is 4.06. The zero-order valence-corrected chi connectivity index (χ0v) is 19.9. The van der Waals surface area contributed by atoms with E-state index in [1.54, 1.807) is 7.11 Å². The molecule has 4 rings (SSSR count). The smallest absolute Gasteiger partial charge is 0.170 e. The van der Waals surface area contributed by atoms with Gasteiger partial charge in [-0.25, -0.2) is 0 Å². The quantitative estimate of drug-likeness (QED) is 0.522. The third-order valence-corrected chi connectivity index (χ3v) is 6.88. The monoisotopic (exact) mass is 436 g/mol. The second kappa shape index (κ2) is 8.60. The SMILES string of the molecule is COCCCN1C(=S)N[C@@H](c2ccccn2)[C@H]1c1ccc2c(c1)C(C)=CC(C)(C)N2C. The third-order valence-electron chi connectivity index (χ3n) is 6.53. The first kappa shape index (κ1) is 21.8. The second-order valence-corrected chi connectivity index (χ2v) is 9.37. The van der Waals surface area contributed by atoms with Crippen molar-refractivity contribution in [1.29, 1.82) is 0 Å². The number of aromatic nitrogens is 1. The summed E-state index contributed by atoms with van der Waals surface area (Å²) in [6, 6.07) is 13.0. The number of methoxy groups -OCH3 is 1. The number of nitrogens with zero attached hydrogens (tertiary/aromatic N) is 3. The van der Waals surface area contributed by atoms with Crippen molar-refractivity contribution < 1.29 is 4.74 Å². The first-order chi connectivity index (χ1) is 14.8. The first-order valence-corrected chi connectivity index (χ1v) is 11.3. The summed E-state index contributed by atoms with van der Waals surface area (Å²) in [6.45, 7) is 8.27. The molecule has 164 valence electrons. The number of allylic oxidation sites excluding steroid dienone is 1. The summed E-state index contributed by atoms with van der Waals surface area (Å²) in [7, 11) is 3.91. The van der Waals surface area contributed by atoms with Crippen LogP contribution in [0.2, 0.25) is 0 Å². The highest BCUT2D eigenvalue weighted by molar-refractivity contribution is 7.80. The highest BCUT2D eigenvalue weighted by Crippen LogP contribution is 2.43. The molecule has 0 amide bonds. The molecule has 1 fully saturated rings. The van der Waals surface area contributed by atoms with Crippen LogP contribution < -0.4 is 10.2 Å². The molecule has 5 nitrogen and oxygen atoms in total. The van der Waals surface area contributed by atoms with Crippen molar-refractivity contribution in [2.45, 2.75) is 44.8 Å². The van der Waals surface area contributed by atoms with Crippen LogP contribution in [0.5, 0.6) is 0 Å². The minimum Gasteiger partial charge on any atom is -0.385 e. The normalized spacial score (nSPS) is 22.2. The van der Waals surface area contributed by atoms with Gasteiger partial charge in [-0.1, -0.05) is 18.2 Å². The number of hydrogen-bond donors (Lipinski definition) is 1. The first-order valence-electron chi connectivity index (χ1n) is 10.9. The van der Waals surface area contributed by atoms with Gasteiger partial charge in [-0.15, -0.1) is 0 Å². The van der Waals surface area contributed by atoms with Crippen LogP contribution in [0.1, 0.15) is 56.1 Å². The topological polar surface area (TPSA) is 40.6 Å². The molecule has 1 aromatic heterocycles. The fourth-order valence-electron chi connectivity index (χ4n) is 4.75. The number of fused-ring (bicyclic) bond motifs is 1. The predicted octanol–water partition coefficient (Wildman–Crippen LogP) is 4.72. The Morgan fingerprint density at radius 1 is 1.23 bits per heavy atom. The minimum absolute atomic E-state index is 0.00222. The molecule has 0 aliphatic carbocycles. The lowest BCUT2D eigenvalue weighted by Gasteiger charge is -2.41. The van der Waals surface area contributed by atoms with Crippen LogP contribution in [0.3, 0.4) is 0 Å². The Morgan fingerprint density at radius 3 is 2.74 bits per heavy atom. The number of thiocarbonyl (C=S) groups is 1. The molecule has 3 heterocycles. The Hall–Kier alpha value is -2.44. The average molecular weight is 437 g/mol. The van der Waals surface area contributed by atoms with Crippen LogP contribution in [-0.4, -0.2) is 47.8 Å². The number of likely N-dealkylation sites (N-methyl/N-ethyl adjacent to an activating group) is 1. The molecule has 0 radical (unpaired) electrons. The van der Waals surface area contributed by atoms with E-state index in [0.29, 0.717) is 6.61 Å². The highest BCUT2D eigenvalue weighted by Gasteiger charge is 2.40. The highest BCUT2D eigenvalue weighted by atomic mass is 32.1. The Kier molecular flexibility index (Phi) is 6.04. The van der Waals surface area contributed by atoms with Crippen molar-refractivity contribution in [2.75, 3.05) is 32.2 Å². The molecule has 2 atom stereocenters. The number of anilines is 1. The lowest BCUT2D eigenvalue weighted by atomic mass is 9.86. The molecule has 0 unspecified atom stereocenters. The maximum absolute atomic E-state index is 5.76. The molecule has 2 aliphatic rings. The number of benzene rings is 1. The molecule has 0 spiro atoms. The number of pyridine rings is 1. The van der Waals surface area contributed by atoms with E-state index in [2.05, 4.69) is 78.3 Å². The van der Waals surface area contributed by atoms with Crippen molar-refractivity contribution >= 4 is 28.6 Å². The number of hydrogen-bond acceptors (Lipinski definition) is 4. The molecule has 2 aliphatic heterocycles. The fourth-order valence-corrected chi connectivity index (χ4v) is 5.08. The van der Waals surface area contributed by atoms with E-state index in [0.717, 1.165) is 23.8 Å². The van der Waals surface area contributed by atoms with E-state index < -0.39 is 0 Å². The predicted molar refractivity (Wildman–Crippen MR) is 131 cm³/mol. The van der Waals surface area contributed by atoms with Gasteiger partial charge >= 0.3 is 0 Å². The lowest BCUT2D eigenvalue weighted by Crippen LogP contribution is -2.42. The molecule has 31 heavy (non-hydrogen) atoms. The van der Waals surface area contributed by atoms with Crippen LogP contribution in [0, 0.1) is 0 Å². The van der Waals surface area contributed by atoms with Crippen molar-refractivity contribution in [3.63, 3.8) is 0 Å². The Bertz CT molecular complexity index is 988. The van der Waals surface area contributed by atoms with Gasteiger partial charge in [-0.3, -0.25) is 4.98 Å². The van der Waals surface area contributed by atoms with Crippen LogP contribution in [-0.2, 0) is 4.74 Å². The molecule has 1 aromatic carbocycles. The van der Waals surface area contributed by atoms with Crippen LogP contribution >= 0.6 is 12.2 Å². The van der Waals surface area contributed by atoms with E-state index >= 15 is 0 Å². The van der Waals surface area contributed by atoms with Gasteiger partial charge in [0.25, 0.3) is 0 Å². The summed E-state index contributed by atoms with van der Waals surface area (Å²) < 4.78 is 5.29. The number of rotatable bonds is 6. The molecule has 0 bridgehead atoms. The van der Waals surface area contributed by atoms with Crippen molar-refractivity contribution in [3.05, 3.63) is 65.5 Å². The summed E-state index contributed by atoms with van der Waals surface area (Å²) in [4.78, 5) is 9.29. The summed E-state index contributed by atoms with van der Waals surface area (Å²) in [6.07, 6.45) is 5.12. The molecule has 1 N–H and O–H groups in total. The van der Waals surface area contributed by atoms with E-state index in [-0.39, 0.29) is 17.6 Å². The molecular formula is C25H32N4OS. The van der Waals surface area contributed by atoms with Gasteiger partial charge in [-0.05, 0) is 74.8 Å². The Morgan fingerprint density at radius 2 is 2.03 bits per heavy atom. The molecule has 0 saturated carbocycles.